The van der Waals surface area contributed by atoms with Gasteiger partial charge in [-0.05, 0) is 36.8 Å². The number of aromatic nitrogens is 1. The van der Waals surface area contributed by atoms with Crippen molar-refractivity contribution in [1.82, 2.24) is 10.3 Å². The number of aryl methyl sites for hydroxylation is 1. The van der Waals surface area contributed by atoms with E-state index < -0.39 is 0 Å². The van der Waals surface area contributed by atoms with E-state index in [2.05, 4.69) is 15.6 Å². The van der Waals surface area contributed by atoms with Crippen LogP contribution in [0.25, 0.3) is 0 Å². The smallest absolute Gasteiger partial charge is 0.222 e. The van der Waals surface area contributed by atoms with Gasteiger partial charge >= 0.3 is 0 Å². The molecule has 116 valence electrons. The molecular weight excluding hydrogens is 278 g/mol. The standard InChI is InChI=1S/C17H21N3O2/c1-13-6-7-16(22-2)15(11-13)19-10-8-17(21)20-12-14-5-3-4-9-18-14/h3-7,9,11,19H,8,10,12H2,1-2H3,(H,20,21). The molecule has 0 spiro atoms. The van der Waals surface area contributed by atoms with Crippen LogP contribution >= 0.6 is 0 Å². The van der Waals surface area contributed by atoms with Crippen LogP contribution in [-0.4, -0.2) is 24.5 Å². The van der Waals surface area contributed by atoms with Crippen molar-refractivity contribution in [2.75, 3.05) is 19.0 Å². The monoisotopic (exact) mass is 299 g/mol. The molecule has 0 aliphatic carbocycles. The highest BCUT2D eigenvalue weighted by Crippen LogP contribution is 2.24. The van der Waals surface area contributed by atoms with Gasteiger partial charge in [-0.1, -0.05) is 12.1 Å². The van der Waals surface area contributed by atoms with Gasteiger partial charge in [-0.3, -0.25) is 9.78 Å². The molecule has 0 radical (unpaired) electrons. The SMILES string of the molecule is COc1ccc(C)cc1NCCC(=O)NCc1ccccn1. The summed E-state index contributed by atoms with van der Waals surface area (Å²) in [5.41, 5.74) is 2.90. The lowest BCUT2D eigenvalue weighted by molar-refractivity contribution is -0.121. The minimum absolute atomic E-state index is 0.00947. The third-order valence-electron chi connectivity index (χ3n) is 3.22. The predicted octanol–water partition coefficient (Wildman–Crippen LogP) is 2.52. The summed E-state index contributed by atoms with van der Waals surface area (Å²) >= 11 is 0. The summed E-state index contributed by atoms with van der Waals surface area (Å²) in [6, 6.07) is 11.5. The highest BCUT2D eigenvalue weighted by molar-refractivity contribution is 5.76. The molecular formula is C17H21N3O2. The summed E-state index contributed by atoms with van der Waals surface area (Å²) in [6.45, 7) is 3.02. The Labute approximate surface area is 130 Å². The summed E-state index contributed by atoms with van der Waals surface area (Å²) in [4.78, 5) is 16.0. The molecule has 5 heteroatoms. The van der Waals surface area contributed by atoms with Gasteiger partial charge in [0.05, 0.1) is 25.0 Å². The molecule has 0 aliphatic rings. The number of nitrogens with zero attached hydrogens (tertiary/aromatic N) is 1. The maximum atomic E-state index is 11.8. The number of pyridine rings is 1. The normalized spacial score (nSPS) is 10.1. The topological polar surface area (TPSA) is 63.2 Å². The van der Waals surface area contributed by atoms with Crippen LogP contribution in [0, 0.1) is 6.92 Å². The highest BCUT2D eigenvalue weighted by atomic mass is 16.5. The molecule has 0 bridgehead atoms. The number of rotatable bonds is 7. The number of hydrogen-bond donors (Lipinski definition) is 2. The maximum absolute atomic E-state index is 11.8. The molecule has 2 N–H and O–H groups in total. The number of nitrogens with one attached hydrogen (secondary N) is 2. The lowest BCUT2D eigenvalue weighted by Crippen LogP contribution is -2.25. The van der Waals surface area contributed by atoms with Gasteiger partial charge in [-0.25, -0.2) is 0 Å². The van der Waals surface area contributed by atoms with Gasteiger partial charge < -0.3 is 15.4 Å². The quantitative estimate of drug-likeness (QED) is 0.824. The fourth-order valence-corrected chi connectivity index (χ4v) is 2.05. The van der Waals surface area contributed by atoms with E-state index in [1.165, 1.54) is 0 Å². The summed E-state index contributed by atoms with van der Waals surface area (Å²) in [5, 5.41) is 6.09. The van der Waals surface area contributed by atoms with Crippen molar-refractivity contribution >= 4 is 11.6 Å². The summed E-state index contributed by atoms with van der Waals surface area (Å²) in [5.74, 6) is 0.768. The van der Waals surface area contributed by atoms with Crippen LogP contribution in [0.4, 0.5) is 5.69 Å². The van der Waals surface area contributed by atoms with Gasteiger partial charge in [0.15, 0.2) is 0 Å². The molecule has 0 aliphatic heterocycles. The van der Waals surface area contributed by atoms with E-state index in [4.69, 9.17) is 4.74 Å². The van der Waals surface area contributed by atoms with Gasteiger partial charge in [-0.2, -0.15) is 0 Å². The van der Waals surface area contributed by atoms with Gasteiger partial charge in [0.2, 0.25) is 5.91 Å². The van der Waals surface area contributed by atoms with E-state index in [1.807, 2.05) is 43.3 Å². The van der Waals surface area contributed by atoms with Crippen LogP contribution < -0.4 is 15.4 Å². The van der Waals surface area contributed by atoms with Crippen molar-refractivity contribution < 1.29 is 9.53 Å². The summed E-state index contributed by atoms with van der Waals surface area (Å²) in [7, 11) is 1.63. The van der Waals surface area contributed by atoms with E-state index in [0.717, 1.165) is 22.7 Å². The fraction of sp³-hybridized carbons (Fsp3) is 0.294. The molecule has 5 nitrogen and oxygen atoms in total. The number of carbonyl (C=O) groups excluding carboxylic acids is 1. The van der Waals surface area contributed by atoms with Crippen LogP contribution in [0.2, 0.25) is 0 Å². The number of hydrogen-bond acceptors (Lipinski definition) is 4. The van der Waals surface area contributed by atoms with Gasteiger partial charge in [0.1, 0.15) is 5.75 Å². The molecule has 1 heterocycles. The van der Waals surface area contributed by atoms with Crippen LogP contribution in [0.5, 0.6) is 5.75 Å². The lowest BCUT2D eigenvalue weighted by atomic mass is 10.2. The third-order valence-corrected chi connectivity index (χ3v) is 3.22. The second kappa shape index (κ2) is 8.02. The number of carbonyl (C=O) groups is 1. The van der Waals surface area contributed by atoms with Crippen LogP contribution in [-0.2, 0) is 11.3 Å². The lowest BCUT2D eigenvalue weighted by Gasteiger charge is -2.12. The van der Waals surface area contributed by atoms with Crippen molar-refractivity contribution in [1.29, 1.82) is 0 Å². The van der Waals surface area contributed by atoms with E-state index >= 15 is 0 Å². The maximum Gasteiger partial charge on any atom is 0.222 e. The van der Waals surface area contributed by atoms with E-state index in [0.29, 0.717) is 19.5 Å². The number of benzene rings is 1. The largest absolute Gasteiger partial charge is 0.495 e. The minimum Gasteiger partial charge on any atom is -0.495 e. The number of methoxy groups -OCH3 is 1. The first-order valence-electron chi connectivity index (χ1n) is 7.24. The van der Waals surface area contributed by atoms with Crippen molar-refractivity contribution in [3.63, 3.8) is 0 Å². The zero-order valence-corrected chi connectivity index (χ0v) is 12.9. The van der Waals surface area contributed by atoms with Crippen molar-refractivity contribution in [3.05, 3.63) is 53.9 Å². The minimum atomic E-state index is -0.00947. The Hall–Kier alpha value is -2.56. The first-order chi connectivity index (χ1) is 10.7. The second-order valence-electron chi connectivity index (χ2n) is 4.98. The first-order valence-corrected chi connectivity index (χ1v) is 7.24. The number of anilines is 1. The zero-order valence-electron chi connectivity index (χ0n) is 12.9. The van der Waals surface area contributed by atoms with Crippen LogP contribution in [0.1, 0.15) is 17.7 Å². The van der Waals surface area contributed by atoms with Crippen molar-refractivity contribution in [2.24, 2.45) is 0 Å². The van der Waals surface area contributed by atoms with E-state index in [9.17, 15) is 4.79 Å². The van der Waals surface area contributed by atoms with Crippen molar-refractivity contribution in [3.8, 4) is 5.75 Å². The van der Waals surface area contributed by atoms with E-state index in [1.54, 1.807) is 13.3 Å². The summed E-state index contributed by atoms with van der Waals surface area (Å²) < 4.78 is 5.29. The molecule has 2 rings (SSSR count). The first kappa shape index (κ1) is 15.8. The molecule has 2 aromatic rings. The molecule has 1 aromatic heterocycles. The molecule has 0 fully saturated rings. The average Bonchev–Trinajstić information content (AvgIpc) is 2.54. The Bertz CT molecular complexity index is 615. The molecule has 22 heavy (non-hydrogen) atoms. The Morgan fingerprint density at radius 2 is 2.14 bits per heavy atom. The number of amides is 1. The van der Waals surface area contributed by atoms with Crippen molar-refractivity contribution in [2.45, 2.75) is 19.9 Å². The van der Waals surface area contributed by atoms with Crippen LogP contribution in [0.15, 0.2) is 42.6 Å². The third kappa shape index (κ3) is 4.77. The molecule has 0 saturated heterocycles. The fourth-order valence-electron chi connectivity index (χ4n) is 2.05. The molecule has 0 unspecified atom stereocenters. The average molecular weight is 299 g/mol. The van der Waals surface area contributed by atoms with Gasteiger partial charge in [0, 0.05) is 19.2 Å². The molecule has 0 saturated carbocycles. The Kier molecular flexibility index (Phi) is 5.77. The summed E-state index contributed by atoms with van der Waals surface area (Å²) in [6.07, 6.45) is 2.11. The molecule has 0 atom stereocenters. The molecule has 1 aromatic carbocycles. The Balaban J connectivity index is 1.76. The van der Waals surface area contributed by atoms with E-state index in [-0.39, 0.29) is 5.91 Å². The predicted molar refractivity (Wildman–Crippen MR) is 86.9 cm³/mol. The highest BCUT2D eigenvalue weighted by Gasteiger charge is 2.05. The van der Waals surface area contributed by atoms with Crippen LogP contribution in [0.3, 0.4) is 0 Å². The second-order valence-corrected chi connectivity index (χ2v) is 4.98. The Morgan fingerprint density at radius 3 is 2.86 bits per heavy atom. The number of ether oxygens (including phenoxy) is 1. The molecule has 1 amide bonds. The Morgan fingerprint density at radius 1 is 1.27 bits per heavy atom. The van der Waals surface area contributed by atoms with Gasteiger partial charge in [-0.15, -0.1) is 0 Å². The zero-order chi connectivity index (χ0) is 15.8. The van der Waals surface area contributed by atoms with Gasteiger partial charge in [0.25, 0.3) is 0 Å².